The molecular formula is C20H15Cl2NO5S. The van der Waals surface area contributed by atoms with Crippen molar-refractivity contribution in [1.29, 1.82) is 0 Å². The molecule has 1 aliphatic heterocycles. The molecule has 1 atom stereocenters. The van der Waals surface area contributed by atoms with Crippen LogP contribution in [0.2, 0.25) is 10.0 Å². The lowest BCUT2D eigenvalue weighted by atomic mass is 10.2. The first-order chi connectivity index (χ1) is 13.9. The Kier molecular flexibility index (Phi) is 5.54. The Morgan fingerprint density at radius 2 is 1.97 bits per heavy atom. The summed E-state index contributed by atoms with van der Waals surface area (Å²) in [7, 11) is 0. The molecule has 1 amide bonds. The van der Waals surface area contributed by atoms with Crippen molar-refractivity contribution in [2.24, 2.45) is 0 Å². The maximum absolute atomic E-state index is 12.5. The van der Waals surface area contributed by atoms with Crippen LogP contribution in [-0.2, 0) is 16.1 Å². The number of rotatable bonds is 5. The molecule has 150 valence electrons. The van der Waals surface area contributed by atoms with Gasteiger partial charge in [-0.2, -0.15) is 0 Å². The maximum Gasteiger partial charge on any atom is 0.350 e. The van der Waals surface area contributed by atoms with Crippen LogP contribution in [0.15, 0.2) is 36.4 Å². The van der Waals surface area contributed by atoms with Crippen LogP contribution in [0.4, 0.5) is 0 Å². The Bertz CT molecular complexity index is 1110. The summed E-state index contributed by atoms with van der Waals surface area (Å²) in [4.78, 5) is 25.1. The van der Waals surface area contributed by atoms with Crippen LogP contribution in [0.25, 0.3) is 10.1 Å². The Morgan fingerprint density at radius 1 is 1.17 bits per heavy atom. The highest BCUT2D eigenvalue weighted by Crippen LogP contribution is 2.37. The number of halogens is 2. The van der Waals surface area contributed by atoms with Gasteiger partial charge in [0.1, 0.15) is 4.88 Å². The number of carbonyl (C=O) groups is 2. The lowest BCUT2D eigenvalue weighted by molar-refractivity contribution is -0.129. The molecule has 2 heterocycles. The lowest BCUT2D eigenvalue weighted by Crippen LogP contribution is -2.35. The largest absolute Gasteiger partial charge is 0.454 e. The minimum Gasteiger partial charge on any atom is -0.454 e. The zero-order valence-corrected chi connectivity index (χ0v) is 17.5. The molecule has 6 nitrogen and oxygen atoms in total. The Hall–Kier alpha value is -2.48. The van der Waals surface area contributed by atoms with Gasteiger partial charge in [-0.05, 0) is 36.8 Å². The Labute approximate surface area is 180 Å². The van der Waals surface area contributed by atoms with E-state index >= 15 is 0 Å². The number of hydrogen-bond donors (Lipinski definition) is 1. The number of ether oxygens (including phenoxy) is 3. The van der Waals surface area contributed by atoms with E-state index in [9.17, 15) is 9.59 Å². The molecule has 0 unspecified atom stereocenters. The summed E-state index contributed by atoms with van der Waals surface area (Å²) in [5, 5.41) is 4.29. The first-order valence-electron chi connectivity index (χ1n) is 8.67. The van der Waals surface area contributed by atoms with Gasteiger partial charge in [0.15, 0.2) is 17.6 Å². The van der Waals surface area contributed by atoms with E-state index < -0.39 is 18.0 Å². The number of hydrogen-bond acceptors (Lipinski definition) is 6. The third-order valence-electron chi connectivity index (χ3n) is 4.33. The molecule has 0 bridgehead atoms. The molecule has 0 saturated heterocycles. The fraction of sp³-hybridized carbons (Fsp3) is 0.200. The molecule has 1 aliphatic rings. The van der Waals surface area contributed by atoms with Crippen LogP contribution in [0.3, 0.4) is 0 Å². The average molecular weight is 452 g/mol. The molecule has 0 spiro atoms. The van der Waals surface area contributed by atoms with Gasteiger partial charge in [-0.25, -0.2) is 4.79 Å². The first-order valence-corrected chi connectivity index (χ1v) is 10.2. The molecule has 0 fully saturated rings. The van der Waals surface area contributed by atoms with Crippen molar-refractivity contribution in [3.63, 3.8) is 0 Å². The van der Waals surface area contributed by atoms with Crippen molar-refractivity contribution < 1.29 is 23.8 Å². The second kappa shape index (κ2) is 8.10. The summed E-state index contributed by atoms with van der Waals surface area (Å²) in [5.74, 6) is 0.231. The fourth-order valence-electron chi connectivity index (χ4n) is 2.82. The van der Waals surface area contributed by atoms with Crippen LogP contribution < -0.4 is 14.8 Å². The highest BCUT2D eigenvalue weighted by molar-refractivity contribution is 7.21. The SMILES string of the molecule is C[C@H](OC(=O)c1sc2cc(Cl)ccc2c1Cl)C(=O)NCc1ccc2c(c1)OCO2. The van der Waals surface area contributed by atoms with Crippen LogP contribution in [-0.4, -0.2) is 24.8 Å². The van der Waals surface area contributed by atoms with E-state index in [-0.39, 0.29) is 18.2 Å². The third-order valence-corrected chi connectivity index (χ3v) is 6.21. The van der Waals surface area contributed by atoms with Gasteiger partial charge in [0.05, 0.1) is 5.02 Å². The summed E-state index contributed by atoms with van der Waals surface area (Å²) < 4.78 is 16.6. The lowest BCUT2D eigenvalue weighted by Gasteiger charge is -2.13. The van der Waals surface area contributed by atoms with E-state index in [1.165, 1.54) is 18.3 Å². The van der Waals surface area contributed by atoms with Gasteiger partial charge in [0.25, 0.3) is 5.91 Å². The van der Waals surface area contributed by atoms with Crippen LogP contribution in [0.1, 0.15) is 22.2 Å². The van der Waals surface area contributed by atoms with Crippen molar-refractivity contribution in [1.82, 2.24) is 5.32 Å². The van der Waals surface area contributed by atoms with E-state index in [0.29, 0.717) is 26.9 Å². The van der Waals surface area contributed by atoms with Crippen LogP contribution in [0.5, 0.6) is 11.5 Å². The number of esters is 1. The van der Waals surface area contributed by atoms with Gasteiger partial charge in [0, 0.05) is 21.7 Å². The molecule has 4 rings (SSSR count). The van der Waals surface area contributed by atoms with E-state index in [1.54, 1.807) is 30.3 Å². The molecule has 0 saturated carbocycles. The minimum atomic E-state index is -0.985. The number of amides is 1. The molecule has 9 heteroatoms. The second-order valence-corrected chi connectivity index (χ2v) is 8.21. The standard InChI is InChI=1S/C20H15Cl2NO5S/c1-10(19(24)23-8-11-2-5-14-15(6-11)27-9-26-14)28-20(25)18-17(22)13-4-3-12(21)7-16(13)29-18/h2-7,10H,8-9H2,1H3,(H,23,24)/t10-/m0/s1. The zero-order valence-electron chi connectivity index (χ0n) is 15.2. The average Bonchev–Trinajstić information content (AvgIpc) is 3.29. The number of carbonyl (C=O) groups excluding carboxylic acids is 2. The summed E-state index contributed by atoms with van der Waals surface area (Å²) >= 11 is 13.5. The molecular weight excluding hydrogens is 437 g/mol. The highest BCUT2D eigenvalue weighted by Gasteiger charge is 2.24. The number of fused-ring (bicyclic) bond motifs is 2. The van der Waals surface area contributed by atoms with Crippen molar-refractivity contribution in [3.8, 4) is 11.5 Å². The summed E-state index contributed by atoms with van der Waals surface area (Å²) in [5.41, 5.74) is 0.838. The number of benzene rings is 2. The van der Waals surface area contributed by atoms with Crippen LogP contribution in [0, 0.1) is 0 Å². The van der Waals surface area contributed by atoms with Gasteiger partial charge in [0.2, 0.25) is 6.79 Å². The fourth-order valence-corrected chi connectivity index (χ4v) is 4.49. The molecule has 1 N–H and O–H groups in total. The monoisotopic (exact) mass is 451 g/mol. The minimum absolute atomic E-state index is 0.185. The van der Waals surface area contributed by atoms with Crippen molar-refractivity contribution in [3.05, 3.63) is 56.9 Å². The highest BCUT2D eigenvalue weighted by atomic mass is 35.5. The summed E-state index contributed by atoms with van der Waals surface area (Å²) in [6.07, 6.45) is -0.985. The smallest absolute Gasteiger partial charge is 0.350 e. The van der Waals surface area contributed by atoms with Gasteiger partial charge in [-0.15, -0.1) is 11.3 Å². The molecule has 29 heavy (non-hydrogen) atoms. The van der Waals surface area contributed by atoms with E-state index in [1.807, 2.05) is 6.07 Å². The van der Waals surface area contributed by atoms with Crippen molar-refractivity contribution >= 4 is 56.5 Å². The van der Waals surface area contributed by atoms with E-state index in [4.69, 9.17) is 37.4 Å². The molecule has 3 aromatic rings. The van der Waals surface area contributed by atoms with Crippen molar-refractivity contribution in [2.45, 2.75) is 19.6 Å². The predicted octanol–water partition coefficient (Wildman–Crippen LogP) is 4.80. The topological polar surface area (TPSA) is 73.9 Å². The Balaban J connectivity index is 1.38. The van der Waals surface area contributed by atoms with E-state index in [2.05, 4.69) is 5.32 Å². The van der Waals surface area contributed by atoms with E-state index in [0.717, 1.165) is 10.3 Å². The molecule has 1 aromatic heterocycles. The third kappa shape index (κ3) is 4.12. The van der Waals surface area contributed by atoms with Crippen LogP contribution >= 0.6 is 34.5 Å². The molecule has 0 aliphatic carbocycles. The zero-order chi connectivity index (χ0) is 20.5. The molecule has 2 aromatic carbocycles. The normalized spacial score (nSPS) is 13.3. The Morgan fingerprint density at radius 3 is 2.79 bits per heavy atom. The first kappa shape index (κ1) is 19.8. The number of thiophene rings is 1. The maximum atomic E-state index is 12.5. The van der Waals surface area contributed by atoms with Gasteiger partial charge < -0.3 is 19.5 Å². The quantitative estimate of drug-likeness (QED) is 0.563. The van der Waals surface area contributed by atoms with Gasteiger partial charge in [-0.3, -0.25) is 4.79 Å². The van der Waals surface area contributed by atoms with Gasteiger partial charge in [-0.1, -0.05) is 35.3 Å². The van der Waals surface area contributed by atoms with Crippen molar-refractivity contribution in [2.75, 3.05) is 6.79 Å². The summed E-state index contributed by atoms with van der Waals surface area (Å²) in [6, 6.07) is 10.6. The van der Waals surface area contributed by atoms with Gasteiger partial charge >= 0.3 is 5.97 Å². The predicted molar refractivity (Wildman–Crippen MR) is 111 cm³/mol. The molecule has 0 radical (unpaired) electrons. The number of nitrogens with one attached hydrogen (secondary N) is 1. The summed E-state index contributed by atoms with van der Waals surface area (Å²) in [6.45, 7) is 1.95. The second-order valence-electron chi connectivity index (χ2n) is 6.34.